The fourth-order valence-electron chi connectivity index (χ4n) is 8.15. The van der Waals surface area contributed by atoms with Gasteiger partial charge >= 0.3 is 0 Å². The molecule has 12 aromatic rings. The van der Waals surface area contributed by atoms with E-state index in [1.165, 1.54) is 9.13 Å². The van der Waals surface area contributed by atoms with Crippen molar-refractivity contribution in [3.8, 4) is 39.3 Å². The Kier molecular flexibility index (Phi) is 4.33. The smallest absolute Gasteiger partial charge is 0.0645 e. The molecule has 0 saturated heterocycles. The third-order valence-electron chi connectivity index (χ3n) is 10.6. The molecule has 0 N–H and O–H groups in total. The number of nitrogens with zero attached hydrogens (tertiary/aromatic N) is 3. The predicted octanol–water partition coefficient (Wildman–Crippen LogP) is 14.3. The van der Waals surface area contributed by atoms with Crippen molar-refractivity contribution in [1.82, 2.24) is 13.7 Å². The molecule has 0 amide bonds. The van der Waals surface area contributed by atoms with Gasteiger partial charge in [-0.3, -0.25) is 0 Å². The first-order valence-corrected chi connectivity index (χ1v) is 18.3. The van der Waals surface area contributed by atoms with E-state index in [0.29, 0.717) is 34.4 Å². The van der Waals surface area contributed by atoms with Gasteiger partial charge in [0.05, 0.1) is 60.7 Å². The zero-order valence-electron chi connectivity index (χ0n) is 45.8. The van der Waals surface area contributed by atoms with Gasteiger partial charge in [0.1, 0.15) is 0 Å². The number of aromatic nitrogens is 3. The van der Waals surface area contributed by atoms with Crippen molar-refractivity contribution < 1.29 is 21.9 Å². The summed E-state index contributed by atoms with van der Waals surface area (Å²) in [7, 11) is 0. The summed E-state index contributed by atoms with van der Waals surface area (Å²) in [4.78, 5) is 0. The maximum Gasteiger partial charge on any atom is 0.0645 e. The van der Waals surface area contributed by atoms with Crippen molar-refractivity contribution in [3.05, 3.63) is 212 Å². The van der Waals surface area contributed by atoms with Crippen LogP contribution in [0.2, 0.25) is 0 Å². The first-order valence-electron chi connectivity index (χ1n) is 26.3. The van der Waals surface area contributed by atoms with E-state index >= 15 is 0 Å². The van der Waals surface area contributed by atoms with Crippen LogP contribution in [0.15, 0.2) is 212 Å². The molecule has 0 atom stereocenters. The zero-order valence-corrected chi connectivity index (χ0v) is 29.8. The largest absolute Gasteiger partial charge is 0.309 e. The summed E-state index contributed by atoms with van der Waals surface area (Å²) in [6.07, 6.45) is 0. The van der Waals surface area contributed by atoms with Gasteiger partial charge in [-0.15, -0.1) is 0 Å². The molecule has 0 aliphatic heterocycles. The molecule has 0 aliphatic rings. The molecule has 0 fully saturated rings. The highest BCUT2D eigenvalue weighted by molar-refractivity contribution is 6.17. The Hall–Kier alpha value is -7.62. The second-order valence-corrected chi connectivity index (χ2v) is 13.7. The van der Waals surface area contributed by atoms with Gasteiger partial charge in [-0.25, -0.2) is 0 Å². The number of rotatable bonds is 5. The van der Waals surface area contributed by atoms with Crippen molar-refractivity contribution in [2.45, 2.75) is 0 Å². The van der Waals surface area contributed by atoms with Crippen LogP contribution in [0.1, 0.15) is 21.9 Å². The Morgan fingerprint density at radius 1 is 0.298 bits per heavy atom. The first-order chi connectivity index (χ1) is 34.9. The quantitative estimate of drug-likeness (QED) is 0.167. The lowest BCUT2D eigenvalue weighted by Gasteiger charge is -2.12. The minimum absolute atomic E-state index is 0.0808. The number of benzene rings is 9. The van der Waals surface area contributed by atoms with E-state index < -0.39 is 95.7 Å². The molecule has 57 heavy (non-hydrogen) atoms. The number of hydrogen-bond donors (Lipinski definition) is 0. The fourth-order valence-corrected chi connectivity index (χ4v) is 8.15. The van der Waals surface area contributed by atoms with Gasteiger partial charge < -0.3 is 13.7 Å². The van der Waals surface area contributed by atoms with Gasteiger partial charge in [-0.2, -0.15) is 0 Å². The molecule has 0 spiro atoms. The molecule has 0 saturated carbocycles. The highest BCUT2D eigenvalue weighted by Gasteiger charge is 2.20. The van der Waals surface area contributed by atoms with Gasteiger partial charge in [0.15, 0.2) is 0 Å². The van der Waals surface area contributed by atoms with Crippen molar-refractivity contribution in [3.63, 3.8) is 0 Å². The summed E-state index contributed by atoms with van der Waals surface area (Å²) in [6, 6.07) is 26.4. The van der Waals surface area contributed by atoms with Crippen molar-refractivity contribution in [2.24, 2.45) is 0 Å². The standard InChI is InChI=1S/C54H35N3/c1-3-14-36(15-4-1)37-26-30-41(31-27-37)55-47-21-10-7-18-42(47)45-34-38(28-32-50(45)55)39-29-33-51-46(35-39)43-19-8-11-22-48(43)57(51)53-25-13-24-52-54(53)44-20-9-12-23-49(44)56(52)40-16-5-2-6-17-40/h1-35H/i1D,2D,7D,8D,10D,11D,18D,19D,21D,22D,28D,29D,32D,33D,34D,35D. The average Bonchev–Trinajstić information content (AvgIpc) is 4.06. The third-order valence-corrected chi connectivity index (χ3v) is 10.6. The summed E-state index contributed by atoms with van der Waals surface area (Å²) < 4.78 is 152. The molecule has 9 aromatic carbocycles. The minimum atomic E-state index is -0.651. The first kappa shape index (κ1) is 19.8. The van der Waals surface area contributed by atoms with Crippen molar-refractivity contribution in [2.75, 3.05) is 0 Å². The monoisotopic (exact) mass is 741 g/mol. The van der Waals surface area contributed by atoms with Crippen LogP contribution in [0.25, 0.3) is 105 Å². The minimum Gasteiger partial charge on any atom is -0.309 e. The summed E-state index contributed by atoms with van der Waals surface area (Å²) in [5, 5.41) is 0.726. The third kappa shape index (κ3) is 4.79. The molecule has 12 rings (SSSR count). The van der Waals surface area contributed by atoms with Crippen molar-refractivity contribution in [1.29, 1.82) is 0 Å². The fraction of sp³-hybridized carbons (Fsp3) is 0. The molecular weight excluding hydrogens is 691 g/mol. The van der Waals surface area contributed by atoms with Crippen LogP contribution in [0.5, 0.6) is 0 Å². The predicted molar refractivity (Wildman–Crippen MR) is 240 cm³/mol. The Morgan fingerprint density at radius 2 is 0.825 bits per heavy atom. The SMILES string of the molecule is [2H]c1ccc(-c2ccc(-n3c4c([2H])c([2H])c([2H])c([2H])c4c4c([2H])c(-c5c([2H])c([2H])c6c(c5[2H])c5c([2H])c([2H])c([2H])c([2H])c5n6-c5cccc6c5c5ccccc5n6-c5ccc([2H])cc5)c([2H])c([2H])c43)cc2)cc1. The van der Waals surface area contributed by atoms with E-state index in [-0.39, 0.29) is 43.6 Å². The van der Waals surface area contributed by atoms with E-state index in [9.17, 15) is 12.3 Å². The molecule has 266 valence electrons. The summed E-state index contributed by atoms with van der Waals surface area (Å²) in [5.74, 6) is 0. The maximum absolute atomic E-state index is 10.1. The Labute approximate surface area is 352 Å². The van der Waals surface area contributed by atoms with Gasteiger partial charge in [0.25, 0.3) is 0 Å². The number of hydrogen-bond acceptors (Lipinski definition) is 0. The Bertz CT molecular complexity index is 4420. The van der Waals surface area contributed by atoms with Crippen LogP contribution >= 0.6 is 0 Å². The maximum atomic E-state index is 10.1. The molecule has 3 aromatic heterocycles. The van der Waals surface area contributed by atoms with Gasteiger partial charge in [-0.1, -0.05) is 133 Å². The Morgan fingerprint density at radius 3 is 1.53 bits per heavy atom. The molecule has 0 aliphatic carbocycles. The molecular formula is C54H35N3. The van der Waals surface area contributed by atoms with Crippen molar-refractivity contribution >= 4 is 65.4 Å². The molecule has 0 unspecified atom stereocenters. The molecule has 0 bridgehead atoms. The second-order valence-electron chi connectivity index (χ2n) is 13.7. The molecule has 3 heterocycles. The highest BCUT2D eigenvalue weighted by atomic mass is 15.0. The Balaban J connectivity index is 1.20. The molecule has 3 heteroatoms. The summed E-state index contributed by atoms with van der Waals surface area (Å²) in [6.45, 7) is 0. The van der Waals surface area contributed by atoms with Crippen LogP contribution in [0.4, 0.5) is 0 Å². The topological polar surface area (TPSA) is 14.8 Å². The molecule has 0 radical (unpaired) electrons. The van der Waals surface area contributed by atoms with E-state index in [1.54, 1.807) is 72.8 Å². The van der Waals surface area contributed by atoms with Gasteiger partial charge in [-0.05, 0) is 101 Å². The number of para-hydroxylation sites is 4. The average molecular weight is 742 g/mol. The van der Waals surface area contributed by atoms with E-state index in [2.05, 4.69) is 0 Å². The second kappa shape index (κ2) is 12.5. The zero-order chi connectivity index (χ0) is 51.4. The van der Waals surface area contributed by atoms with Crippen LogP contribution < -0.4 is 0 Å². The van der Waals surface area contributed by atoms with E-state index in [1.807, 2.05) is 47.0 Å². The van der Waals surface area contributed by atoms with Gasteiger partial charge in [0, 0.05) is 43.7 Å². The molecule has 3 nitrogen and oxygen atoms in total. The lowest BCUT2D eigenvalue weighted by atomic mass is 10.0. The normalized spacial score (nSPS) is 15.8. The van der Waals surface area contributed by atoms with Gasteiger partial charge in [0.2, 0.25) is 0 Å². The van der Waals surface area contributed by atoms with Crippen LogP contribution in [-0.4, -0.2) is 13.7 Å². The lowest BCUT2D eigenvalue weighted by Crippen LogP contribution is -1.96. The summed E-state index contributed by atoms with van der Waals surface area (Å²) in [5.41, 5.74) is 3.17. The summed E-state index contributed by atoms with van der Waals surface area (Å²) >= 11 is 0. The lowest BCUT2D eigenvalue weighted by molar-refractivity contribution is 1.17. The van der Waals surface area contributed by atoms with E-state index in [4.69, 9.17) is 9.60 Å². The van der Waals surface area contributed by atoms with Crippen LogP contribution in [0, 0.1) is 0 Å². The van der Waals surface area contributed by atoms with Crippen LogP contribution in [-0.2, 0) is 0 Å². The highest BCUT2D eigenvalue weighted by Crippen LogP contribution is 2.42. The van der Waals surface area contributed by atoms with E-state index in [0.717, 1.165) is 27.7 Å². The number of fused-ring (bicyclic) bond motifs is 9. The van der Waals surface area contributed by atoms with Crippen LogP contribution in [0.3, 0.4) is 0 Å².